The molecule has 0 atom stereocenters. The maximum absolute atomic E-state index is 13.3. The van der Waals surface area contributed by atoms with Crippen molar-refractivity contribution in [1.82, 2.24) is 14.1 Å². The molecule has 2 aromatic carbocycles. The number of piperazine rings is 1. The molecule has 172 valence electrons. The molecule has 0 N–H and O–H groups in total. The molecule has 2 amide bonds. The van der Waals surface area contributed by atoms with Crippen LogP contribution in [0.3, 0.4) is 0 Å². The van der Waals surface area contributed by atoms with Crippen molar-refractivity contribution in [3.05, 3.63) is 88.6 Å². The zero-order valence-electron chi connectivity index (χ0n) is 18.0. The first kappa shape index (κ1) is 23.2. The van der Waals surface area contributed by atoms with Gasteiger partial charge in [-0.05, 0) is 29.1 Å². The maximum Gasteiger partial charge on any atom is 0.264 e. The number of carbonyl (C=O) groups excluding carboxylic acids is 2. The highest BCUT2D eigenvalue weighted by Gasteiger charge is 2.31. The molecule has 0 unspecified atom stereocenters. The van der Waals surface area contributed by atoms with Crippen molar-refractivity contribution in [2.45, 2.75) is 11.4 Å². The number of amides is 2. The third-order valence-electron chi connectivity index (χ3n) is 5.55. The van der Waals surface area contributed by atoms with Crippen molar-refractivity contribution in [2.24, 2.45) is 0 Å². The molecule has 3 aromatic rings. The first-order valence-electron chi connectivity index (χ1n) is 10.6. The van der Waals surface area contributed by atoms with Crippen LogP contribution in [0.1, 0.15) is 15.2 Å². The van der Waals surface area contributed by atoms with Crippen molar-refractivity contribution in [2.75, 3.05) is 32.7 Å². The van der Waals surface area contributed by atoms with Gasteiger partial charge >= 0.3 is 0 Å². The zero-order valence-corrected chi connectivity index (χ0v) is 19.7. The summed E-state index contributed by atoms with van der Waals surface area (Å²) in [4.78, 5) is 29.9. The predicted octanol–water partition coefficient (Wildman–Crippen LogP) is 2.92. The summed E-state index contributed by atoms with van der Waals surface area (Å²) in [6.45, 7) is 1.44. The summed E-state index contributed by atoms with van der Waals surface area (Å²) in [5.74, 6) is -0.303. The predicted molar refractivity (Wildman–Crippen MR) is 127 cm³/mol. The van der Waals surface area contributed by atoms with Crippen molar-refractivity contribution < 1.29 is 18.0 Å². The van der Waals surface area contributed by atoms with Crippen LogP contribution in [0.4, 0.5) is 0 Å². The summed E-state index contributed by atoms with van der Waals surface area (Å²) in [6.07, 6.45) is 0. The zero-order chi connectivity index (χ0) is 23.3. The van der Waals surface area contributed by atoms with Gasteiger partial charge in [0.15, 0.2) is 0 Å². The Morgan fingerprint density at radius 2 is 1.42 bits per heavy atom. The molecular weight excluding hydrogens is 458 g/mol. The topological polar surface area (TPSA) is 78.0 Å². The molecule has 7 nitrogen and oxygen atoms in total. The Labute approximate surface area is 197 Å². The van der Waals surface area contributed by atoms with Crippen LogP contribution in [0.2, 0.25) is 0 Å². The van der Waals surface area contributed by atoms with Crippen LogP contribution in [0, 0.1) is 0 Å². The van der Waals surface area contributed by atoms with E-state index in [9.17, 15) is 18.0 Å². The quantitative estimate of drug-likeness (QED) is 0.518. The summed E-state index contributed by atoms with van der Waals surface area (Å²) in [5, 5.41) is 1.86. The van der Waals surface area contributed by atoms with Crippen LogP contribution in [-0.2, 0) is 21.4 Å². The molecular formula is C24H25N3O4S2. The van der Waals surface area contributed by atoms with Crippen LogP contribution in [0.15, 0.2) is 83.1 Å². The first-order chi connectivity index (χ1) is 15.9. The summed E-state index contributed by atoms with van der Waals surface area (Å²) in [6, 6.07) is 21.0. The second kappa shape index (κ2) is 10.3. The van der Waals surface area contributed by atoms with E-state index in [-0.39, 0.29) is 29.8 Å². The average molecular weight is 484 g/mol. The van der Waals surface area contributed by atoms with E-state index >= 15 is 0 Å². The van der Waals surface area contributed by atoms with Crippen LogP contribution in [0.5, 0.6) is 0 Å². The van der Waals surface area contributed by atoms with Crippen molar-refractivity contribution in [3.8, 4) is 0 Å². The lowest BCUT2D eigenvalue weighted by Crippen LogP contribution is -2.52. The van der Waals surface area contributed by atoms with Gasteiger partial charge in [0.1, 0.15) is 0 Å². The molecule has 1 aliphatic rings. The molecule has 0 spiro atoms. The van der Waals surface area contributed by atoms with Crippen LogP contribution in [-0.4, -0.2) is 67.1 Å². The third-order valence-corrected chi connectivity index (χ3v) is 8.21. The van der Waals surface area contributed by atoms with Gasteiger partial charge in [0.25, 0.3) is 5.91 Å². The van der Waals surface area contributed by atoms with E-state index in [0.717, 1.165) is 5.56 Å². The van der Waals surface area contributed by atoms with E-state index in [1.54, 1.807) is 34.1 Å². The minimum absolute atomic E-state index is 0.0329. The molecule has 1 aromatic heterocycles. The summed E-state index contributed by atoms with van der Waals surface area (Å²) >= 11 is 1.40. The number of hydrogen-bond acceptors (Lipinski definition) is 5. The molecule has 1 saturated heterocycles. The van der Waals surface area contributed by atoms with E-state index in [1.165, 1.54) is 27.8 Å². The Morgan fingerprint density at radius 3 is 2.03 bits per heavy atom. The molecule has 4 rings (SSSR count). The average Bonchev–Trinajstić information content (AvgIpc) is 3.39. The number of hydrogen-bond donors (Lipinski definition) is 0. The number of carbonyl (C=O) groups is 2. The Morgan fingerprint density at radius 1 is 0.818 bits per heavy atom. The second-order valence-electron chi connectivity index (χ2n) is 7.72. The Bertz CT molecular complexity index is 1170. The molecule has 9 heteroatoms. The van der Waals surface area contributed by atoms with Crippen LogP contribution >= 0.6 is 11.3 Å². The first-order valence-corrected chi connectivity index (χ1v) is 13.0. The summed E-state index contributed by atoms with van der Waals surface area (Å²) in [7, 11) is -3.86. The molecule has 0 radical (unpaired) electrons. The highest BCUT2D eigenvalue weighted by molar-refractivity contribution is 7.89. The number of nitrogens with zero attached hydrogens (tertiary/aromatic N) is 3. The fraction of sp³-hybridized carbons (Fsp3) is 0.250. The number of sulfonamides is 1. The van der Waals surface area contributed by atoms with Gasteiger partial charge < -0.3 is 9.80 Å². The largest absolute Gasteiger partial charge is 0.338 e. The highest BCUT2D eigenvalue weighted by atomic mass is 32.2. The molecule has 1 fully saturated rings. The Hall–Kier alpha value is -3.01. The van der Waals surface area contributed by atoms with Crippen LogP contribution in [0.25, 0.3) is 0 Å². The van der Waals surface area contributed by atoms with Crippen molar-refractivity contribution in [1.29, 1.82) is 0 Å². The molecule has 0 bridgehead atoms. The number of benzene rings is 2. The lowest BCUT2D eigenvalue weighted by molar-refractivity contribution is -0.132. The monoisotopic (exact) mass is 483 g/mol. The molecule has 1 aliphatic heterocycles. The van der Waals surface area contributed by atoms with Gasteiger partial charge in [-0.1, -0.05) is 54.6 Å². The standard InChI is InChI=1S/C24H25N3O4S2/c28-23(25-13-15-26(16-14-25)24(29)22-12-7-17-32-22)19-27(18-20-8-3-1-4-9-20)33(30,31)21-10-5-2-6-11-21/h1-12,17H,13-16,18-19H2. The second-order valence-corrected chi connectivity index (χ2v) is 10.6. The fourth-order valence-corrected chi connectivity index (χ4v) is 5.81. The maximum atomic E-state index is 13.3. The number of rotatable bonds is 7. The van der Waals surface area contributed by atoms with Gasteiger partial charge in [-0.15, -0.1) is 11.3 Å². The molecule has 0 aliphatic carbocycles. The molecule has 0 saturated carbocycles. The number of thiophene rings is 1. The van der Waals surface area contributed by atoms with E-state index in [2.05, 4.69) is 0 Å². The van der Waals surface area contributed by atoms with Gasteiger partial charge in [0, 0.05) is 32.7 Å². The summed E-state index contributed by atoms with van der Waals surface area (Å²) < 4.78 is 27.9. The minimum atomic E-state index is -3.86. The Balaban J connectivity index is 1.46. The van der Waals surface area contributed by atoms with Gasteiger partial charge in [0.2, 0.25) is 15.9 Å². The SMILES string of the molecule is O=C(CN(Cc1ccccc1)S(=O)(=O)c1ccccc1)N1CCN(C(=O)c2cccs2)CC1. The van der Waals surface area contributed by atoms with Crippen molar-refractivity contribution >= 4 is 33.2 Å². The van der Waals surface area contributed by atoms with Gasteiger partial charge in [-0.25, -0.2) is 8.42 Å². The lowest BCUT2D eigenvalue weighted by Gasteiger charge is -2.35. The normalized spacial score (nSPS) is 14.5. The highest BCUT2D eigenvalue weighted by Crippen LogP contribution is 2.19. The van der Waals surface area contributed by atoms with E-state index in [4.69, 9.17) is 0 Å². The van der Waals surface area contributed by atoms with Gasteiger partial charge in [-0.3, -0.25) is 9.59 Å². The summed E-state index contributed by atoms with van der Waals surface area (Å²) in [5.41, 5.74) is 0.802. The molecule has 33 heavy (non-hydrogen) atoms. The molecule has 2 heterocycles. The van der Waals surface area contributed by atoms with E-state index < -0.39 is 10.0 Å². The smallest absolute Gasteiger partial charge is 0.264 e. The van der Waals surface area contributed by atoms with Gasteiger partial charge in [-0.2, -0.15) is 4.31 Å². The van der Waals surface area contributed by atoms with E-state index in [1.807, 2.05) is 41.8 Å². The fourth-order valence-electron chi connectivity index (χ4n) is 3.72. The van der Waals surface area contributed by atoms with Crippen LogP contribution < -0.4 is 0 Å². The minimum Gasteiger partial charge on any atom is -0.338 e. The Kier molecular flexibility index (Phi) is 7.22. The lowest BCUT2D eigenvalue weighted by atomic mass is 10.2. The van der Waals surface area contributed by atoms with Crippen molar-refractivity contribution in [3.63, 3.8) is 0 Å². The third kappa shape index (κ3) is 5.50. The van der Waals surface area contributed by atoms with E-state index in [0.29, 0.717) is 31.1 Å². The van der Waals surface area contributed by atoms with Gasteiger partial charge in [0.05, 0.1) is 16.3 Å².